The van der Waals surface area contributed by atoms with E-state index in [2.05, 4.69) is 44.9 Å². The molecule has 1 atom stereocenters. The van der Waals surface area contributed by atoms with Gasteiger partial charge in [0.1, 0.15) is 0 Å². The van der Waals surface area contributed by atoms with Crippen molar-refractivity contribution in [3.05, 3.63) is 23.9 Å². The number of piperazine rings is 1. The third-order valence-electron chi connectivity index (χ3n) is 5.49. The SMILES string of the molecule is Cc1nc(N)nc2cc(N3CCN(C4(C)CCOC4)CC3)ccc12. The number of fused-ring (bicyclic) bond motifs is 1. The van der Waals surface area contributed by atoms with Crippen molar-refractivity contribution < 1.29 is 4.74 Å². The molecule has 4 rings (SSSR count). The summed E-state index contributed by atoms with van der Waals surface area (Å²) in [5.41, 5.74) is 9.09. The first-order valence-electron chi connectivity index (χ1n) is 8.67. The minimum Gasteiger partial charge on any atom is -0.379 e. The van der Waals surface area contributed by atoms with E-state index in [4.69, 9.17) is 10.5 Å². The second-order valence-electron chi connectivity index (χ2n) is 7.14. The highest BCUT2D eigenvalue weighted by Crippen LogP contribution is 2.29. The van der Waals surface area contributed by atoms with Crippen LogP contribution in [0.4, 0.5) is 11.6 Å². The Morgan fingerprint density at radius 3 is 2.67 bits per heavy atom. The first kappa shape index (κ1) is 15.6. The van der Waals surface area contributed by atoms with E-state index in [0.717, 1.165) is 62.4 Å². The second kappa shape index (κ2) is 5.86. The van der Waals surface area contributed by atoms with Crippen molar-refractivity contribution in [3.63, 3.8) is 0 Å². The van der Waals surface area contributed by atoms with E-state index in [1.54, 1.807) is 0 Å². The van der Waals surface area contributed by atoms with Gasteiger partial charge >= 0.3 is 0 Å². The van der Waals surface area contributed by atoms with Crippen LogP contribution in [0.25, 0.3) is 10.9 Å². The van der Waals surface area contributed by atoms with Crippen molar-refractivity contribution in [2.24, 2.45) is 0 Å². The molecular formula is C18H25N5O. The average molecular weight is 327 g/mol. The molecule has 0 aliphatic carbocycles. The van der Waals surface area contributed by atoms with E-state index in [0.29, 0.717) is 5.95 Å². The number of ether oxygens (including phenoxy) is 1. The Balaban J connectivity index is 1.52. The van der Waals surface area contributed by atoms with Gasteiger partial charge < -0.3 is 15.4 Å². The largest absolute Gasteiger partial charge is 0.379 e. The van der Waals surface area contributed by atoms with Crippen LogP contribution in [-0.2, 0) is 4.74 Å². The number of hydrogen-bond donors (Lipinski definition) is 1. The van der Waals surface area contributed by atoms with Gasteiger partial charge in [-0.25, -0.2) is 9.97 Å². The van der Waals surface area contributed by atoms with E-state index in [1.807, 2.05) is 6.92 Å². The van der Waals surface area contributed by atoms with E-state index in [1.165, 1.54) is 5.69 Å². The molecule has 2 N–H and O–H groups in total. The van der Waals surface area contributed by atoms with Crippen LogP contribution in [0.1, 0.15) is 19.0 Å². The van der Waals surface area contributed by atoms with Crippen LogP contribution in [0.3, 0.4) is 0 Å². The zero-order chi connectivity index (χ0) is 16.7. The standard InChI is InChI=1S/C18H25N5O/c1-13-15-4-3-14(11-16(15)21-17(19)20-13)22-6-8-23(9-7-22)18(2)5-10-24-12-18/h3-4,11H,5-10,12H2,1-2H3,(H2,19,20,21). The fourth-order valence-corrected chi connectivity index (χ4v) is 3.91. The van der Waals surface area contributed by atoms with Crippen molar-refractivity contribution in [1.82, 2.24) is 14.9 Å². The molecule has 0 radical (unpaired) electrons. The highest BCUT2D eigenvalue weighted by atomic mass is 16.5. The third-order valence-corrected chi connectivity index (χ3v) is 5.49. The van der Waals surface area contributed by atoms with E-state index >= 15 is 0 Å². The predicted octanol–water partition coefficient (Wildman–Crippen LogP) is 1.82. The Labute approximate surface area is 142 Å². The van der Waals surface area contributed by atoms with Crippen LogP contribution in [0.2, 0.25) is 0 Å². The molecule has 2 saturated heterocycles. The van der Waals surface area contributed by atoms with Crippen LogP contribution >= 0.6 is 0 Å². The van der Waals surface area contributed by atoms with Crippen LogP contribution in [0.15, 0.2) is 18.2 Å². The van der Waals surface area contributed by atoms with Crippen molar-refractivity contribution in [2.45, 2.75) is 25.8 Å². The lowest BCUT2D eigenvalue weighted by Gasteiger charge is -2.44. The topological polar surface area (TPSA) is 67.5 Å². The molecule has 0 spiro atoms. The first-order valence-corrected chi connectivity index (χ1v) is 8.67. The molecule has 2 fully saturated rings. The first-order chi connectivity index (χ1) is 11.5. The molecule has 0 amide bonds. The molecule has 1 unspecified atom stereocenters. The summed E-state index contributed by atoms with van der Waals surface area (Å²) in [6, 6.07) is 6.42. The lowest BCUT2D eigenvalue weighted by Crippen LogP contribution is -2.56. The van der Waals surface area contributed by atoms with Crippen LogP contribution in [0, 0.1) is 6.92 Å². The summed E-state index contributed by atoms with van der Waals surface area (Å²) >= 11 is 0. The number of aryl methyl sites for hydroxylation is 1. The molecule has 6 nitrogen and oxygen atoms in total. The van der Waals surface area contributed by atoms with Gasteiger partial charge in [-0.1, -0.05) is 0 Å². The molecule has 24 heavy (non-hydrogen) atoms. The number of hydrogen-bond acceptors (Lipinski definition) is 6. The van der Waals surface area contributed by atoms with Gasteiger partial charge in [-0.05, 0) is 38.5 Å². The summed E-state index contributed by atoms with van der Waals surface area (Å²) in [6.45, 7) is 10.3. The number of nitrogens with zero attached hydrogens (tertiary/aromatic N) is 4. The van der Waals surface area contributed by atoms with E-state index in [-0.39, 0.29) is 5.54 Å². The molecule has 1 aromatic carbocycles. The summed E-state index contributed by atoms with van der Waals surface area (Å²) in [4.78, 5) is 13.7. The predicted molar refractivity (Wildman–Crippen MR) is 96.3 cm³/mol. The highest BCUT2D eigenvalue weighted by molar-refractivity contribution is 5.85. The van der Waals surface area contributed by atoms with Gasteiger partial charge in [0.25, 0.3) is 0 Å². The molecule has 2 aliphatic heterocycles. The molecular weight excluding hydrogens is 302 g/mol. The van der Waals surface area contributed by atoms with Gasteiger partial charge in [0.15, 0.2) is 0 Å². The molecule has 0 saturated carbocycles. The highest BCUT2D eigenvalue weighted by Gasteiger charge is 2.37. The van der Waals surface area contributed by atoms with Gasteiger partial charge in [-0.3, -0.25) is 4.90 Å². The maximum atomic E-state index is 5.80. The van der Waals surface area contributed by atoms with Crippen molar-refractivity contribution >= 4 is 22.5 Å². The number of aromatic nitrogens is 2. The van der Waals surface area contributed by atoms with Crippen LogP contribution in [-0.4, -0.2) is 59.8 Å². The summed E-state index contributed by atoms with van der Waals surface area (Å²) in [6.07, 6.45) is 1.14. The van der Waals surface area contributed by atoms with Crippen LogP contribution < -0.4 is 10.6 Å². The van der Waals surface area contributed by atoms with Crippen LogP contribution in [0.5, 0.6) is 0 Å². The zero-order valence-electron chi connectivity index (χ0n) is 14.5. The minimum absolute atomic E-state index is 0.217. The molecule has 128 valence electrons. The van der Waals surface area contributed by atoms with Crippen molar-refractivity contribution in [3.8, 4) is 0 Å². The fraction of sp³-hybridized carbons (Fsp3) is 0.556. The normalized spacial score (nSPS) is 25.5. The third kappa shape index (κ3) is 2.70. The maximum absolute atomic E-state index is 5.80. The summed E-state index contributed by atoms with van der Waals surface area (Å²) < 4.78 is 5.61. The van der Waals surface area contributed by atoms with Gasteiger partial charge in [0, 0.05) is 49.4 Å². The molecule has 2 aromatic rings. The maximum Gasteiger partial charge on any atom is 0.220 e. The molecule has 0 bridgehead atoms. The lowest BCUT2D eigenvalue weighted by atomic mass is 9.98. The Morgan fingerprint density at radius 1 is 1.17 bits per heavy atom. The molecule has 3 heterocycles. The van der Waals surface area contributed by atoms with Crippen molar-refractivity contribution in [1.29, 1.82) is 0 Å². The number of nitrogens with two attached hydrogens (primary N) is 1. The molecule has 1 aromatic heterocycles. The quantitative estimate of drug-likeness (QED) is 0.907. The number of rotatable bonds is 2. The van der Waals surface area contributed by atoms with Gasteiger partial charge in [0.2, 0.25) is 5.95 Å². The monoisotopic (exact) mass is 327 g/mol. The number of nitrogen functional groups attached to an aromatic ring is 1. The minimum atomic E-state index is 0.217. The smallest absolute Gasteiger partial charge is 0.220 e. The Bertz CT molecular complexity index is 748. The number of anilines is 2. The Kier molecular flexibility index (Phi) is 3.81. The number of benzene rings is 1. The lowest BCUT2D eigenvalue weighted by molar-refractivity contribution is 0.0745. The summed E-state index contributed by atoms with van der Waals surface area (Å²) in [7, 11) is 0. The summed E-state index contributed by atoms with van der Waals surface area (Å²) in [5, 5.41) is 1.07. The average Bonchev–Trinajstić information content (AvgIpc) is 3.02. The Morgan fingerprint density at radius 2 is 1.96 bits per heavy atom. The molecule has 6 heteroatoms. The van der Waals surface area contributed by atoms with Gasteiger partial charge in [0.05, 0.1) is 17.8 Å². The van der Waals surface area contributed by atoms with Gasteiger partial charge in [-0.2, -0.15) is 0 Å². The van der Waals surface area contributed by atoms with Crippen molar-refractivity contribution in [2.75, 3.05) is 50.0 Å². The summed E-state index contributed by atoms with van der Waals surface area (Å²) in [5.74, 6) is 0.344. The van der Waals surface area contributed by atoms with Gasteiger partial charge in [-0.15, -0.1) is 0 Å². The zero-order valence-corrected chi connectivity index (χ0v) is 14.5. The second-order valence-corrected chi connectivity index (χ2v) is 7.14. The fourth-order valence-electron chi connectivity index (χ4n) is 3.91. The van der Waals surface area contributed by atoms with E-state index < -0.39 is 0 Å². The molecule has 2 aliphatic rings. The Hall–Kier alpha value is -1.92. The van der Waals surface area contributed by atoms with E-state index in [9.17, 15) is 0 Å².